The predicted molar refractivity (Wildman–Crippen MR) is 75.2 cm³/mol. The van der Waals surface area contributed by atoms with E-state index in [9.17, 15) is 5.11 Å². The van der Waals surface area contributed by atoms with Gasteiger partial charge in [-0.25, -0.2) is 0 Å². The van der Waals surface area contributed by atoms with Gasteiger partial charge in [0.05, 0.1) is 17.5 Å². The lowest BCUT2D eigenvalue weighted by molar-refractivity contribution is 0.191. The number of nitrogens with two attached hydrogens (primary N) is 2. The van der Waals surface area contributed by atoms with Crippen molar-refractivity contribution in [2.24, 2.45) is 0 Å². The molecule has 2 aromatic carbocycles. The van der Waals surface area contributed by atoms with Crippen LogP contribution < -0.4 is 16.8 Å². The molecule has 2 aromatic rings. The fourth-order valence-corrected chi connectivity index (χ4v) is 1.69. The summed E-state index contributed by atoms with van der Waals surface area (Å²) in [7, 11) is 0. The van der Waals surface area contributed by atoms with E-state index in [-0.39, 0.29) is 0 Å². The molecule has 0 saturated carbocycles. The number of aliphatic hydroxyl groups is 1. The summed E-state index contributed by atoms with van der Waals surface area (Å²) in [6, 6.07) is 14.8. The van der Waals surface area contributed by atoms with E-state index in [0.717, 1.165) is 11.3 Å². The lowest BCUT2D eigenvalue weighted by atomic mass is 10.1. The van der Waals surface area contributed by atoms with Crippen LogP contribution in [0.25, 0.3) is 0 Å². The monoisotopic (exact) mass is 243 g/mol. The molecule has 2 rings (SSSR count). The van der Waals surface area contributed by atoms with Crippen LogP contribution >= 0.6 is 0 Å². The zero-order chi connectivity index (χ0) is 13.0. The molecule has 1 unspecified atom stereocenters. The first-order valence-corrected chi connectivity index (χ1v) is 5.78. The second-order valence-electron chi connectivity index (χ2n) is 4.15. The third-order valence-corrected chi connectivity index (χ3v) is 2.77. The van der Waals surface area contributed by atoms with Crippen LogP contribution in [-0.4, -0.2) is 11.7 Å². The first-order valence-electron chi connectivity index (χ1n) is 5.78. The number of nitrogens with one attached hydrogen (secondary N) is 1. The SMILES string of the molecule is Nc1ccc(NCC(O)c2ccccc2)cc1N. The molecule has 94 valence electrons. The van der Waals surface area contributed by atoms with Crippen molar-refractivity contribution in [1.82, 2.24) is 0 Å². The van der Waals surface area contributed by atoms with Crippen molar-refractivity contribution in [1.29, 1.82) is 0 Å². The van der Waals surface area contributed by atoms with Gasteiger partial charge in [-0.1, -0.05) is 30.3 Å². The standard InChI is InChI=1S/C14H17N3O/c15-12-7-6-11(8-13(12)16)17-9-14(18)10-4-2-1-3-5-10/h1-8,14,17-18H,9,15-16H2. The summed E-state index contributed by atoms with van der Waals surface area (Å²) in [5.41, 5.74) is 14.2. The molecule has 0 aliphatic carbocycles. The van der Waals surface area contributed by atoms with Crippen LogP contribution in [-0.2, 0) is 0 Å². The molecule has 0 bridgehead atoms. The maximum Gasteiger partial charge on any atom is 0.0962 e. The molecule has 0 saturated heterocycles. The molecular formula is C14H17N3O. The maximum atomic E-state index is 9.99. The highest BCUT2D eigenvalue weighted by molar-refractivity contribution is 5.69. The Morgan fingerprint density at radius 3 is 2.39 bits per heavy atom. The summed E-state index contributed by atoms with van der Waals surface area (Å²) in [4.78, 5) is 0. The molecule has 6 N–H and O–H groups in total. The van der Waals surface area contributed by atoms with Crippen LogP contribution in [0, 0.1) is 0 Å². The summed E-state index contributed by atoms with van der Waals surface area (Å²) in [5.74, 6) is 0. The van der Waals surface area contributed by atoms with Gasteiger partial charge >= 0.3 is 0 Å². The minimum atomic E-state index is -0.551. The highest BCUT2D eigenvalue weighted by Gasteiger charge is 2.06. The van der Waals surface area contributed by atoms with Crippen molar-refractivity contribution < 1.29 is 5.11 Å². The van der Waals surface area contributed by atoms with Gasteiger partial charge in [-0.3, -0.25) is 0 Å². The van der Waals surface area contributed by atoms with Gasteiger partial charge in [-0.05, 0) is 23.8 Å². The van der Waals surface area contributed by atoms with E-state index in [0.29, 0.717) is 17.9 Å². The van der Waals surface area contributed by atoms with Crippen LogP contribution in [0.1, 0.15) is 11.7 Å². The quantitative estimate of drug-likeness (QED) is 0.619. The second-order valence-corrected chi connectivity index (χ2v) is 4.15. The molecule has 4 heteroatoms. The number of aliphatic hydroxyl groups excluding tert-OH is 1. The number of anilines is 3. The molecule has 0 amide bonds. The number of hydrogen-bond donors (Lipinski definition) is 4. The molecule has 0 fully saturated rings. The van der Waals surface area contributed by atoms with E-state index in [4.69, 9.17) is 11.5 Å². The minimum absolute atomic E-state index is 0.424. The summed E-state index contributed by atoms with van der Waals surface area (Å²) in [6.07, 6.45) is -0.551. The van der Waals surface area contributed by atoms with Gasteiger partial charge in [-0.2, -0.15) is 0 Å². The fraction of sp³-hybridized carbons (Fsp3) is 0.143. The van der Waals surface area contributed by atoms with Gasteiger partial charge in [-0.15, -0.1) is 0 Å². The topological polar surface area (TPSA) is 84.3 Å². The molecule has 0 aromatic heterocycles. The number of hydrogen-bond acceptors (Lipinski definition) is 4. The average molecular weight is 243 g/mol. The summed E-state index contributed by atoms with van der Waals surface area (Å²) < 4.78 is 0. The van der Waals surface area contributed by atoms with Crippen molar-refractivity contribution in [3.63, 3.8) is 0 Å². The number of benzene rings is 2. The fourth-order valence-electron chi connectivity index (χ4n) is 1.69. The molecule has 0 heterocycles. The predicted octanol–water partition coefficient (Wildman–Crippen LogP) is 2.00. The van der Waals surface area contributed by atoms with Crippen LogP contribution in [0.3, 0.4) is 0 Å². The second kappa shape index (κ2) is 5.42. The first kappa shape index (κ1) is 12.3. The van der Waals surface area contributed by atoms with E-state index in [1.165, 1.54) is 0 Å². The molecule has 0 spiro atoms. The van der Waals surface area contributed by atoms with Crippen LogP contribution in [0.4, 0.5) is 17.1 Å². The van der Waals surface area contributed by atoms with Crippen molar-refractivity contribution in [3.8, 4) is 0 Å². The van der Waals surface area contributed by atoms with E-state index in [2.05, 4.69) is 5.32 Å². The van der Waals surface area contributed by atoms with Crippen molar-refractivity contribution in [2.75, 3.05) is 23.3 Å². The number of nitrogen functional groups attached to an aromatic ring is 2. The maximum absolute atomic E-state index is 9.99. The van der Waals surface area contributed by atoms with Crippen molar-refractivity contribution >= 4 is 17.1 Å². The third kappa shape index (κ3) is 2.93. The Balaban J connectivity index is 1.97. The molecule has 0 radical (unpaired) electrons. The Morgan fingerprint density at radius 2 is 1.72 bits per heavy atom. The van der Waals surface area contributed by atoms with Crippen molar-refractivity contribution in [3.05, 3.63) is 54.1 Å². The van der Waals surface area contributed by atoms with Crippen LogP contribution in [0.5, 0.6) is 0 Å². The Kier molecular flexibility index (Phi) is 3.69. The summed E-state index contributed by atoms with van der Waals surface area (Å²) in [5, 5.41) is 13.1. The Labute approximate surface area is 106 Å². The normalized spacial score (nSPS) is 12.1. The zero-order valence-electron chi connectivity index (χ0n) is 10.0. The summed E-state index contributed by atoms with van der Waals surface area (Å²) in [6.45, 7) is 0.424. The van der Waals surface area contributed by atoms with Crippen LogP contribution in [0.2, 0.25) is 0 Å². The molecule has 1 atom stereocenters. The van der Waals surface area contributed by atoms with Gasteiger partial charge in [0.15, 0.2) is 0 Å². The van der Waals surface area contributed by atoms with Gasteiger partial charge in [0.2, 0.25) is 0 Å². The minimum Gasteiger partial charge on any atom is -0.397 e. The van der Waals surface area contributed by atoms with E-state index >= 15 is 0 Å². The Bertz CT molecular complexity index is 514. The van der Waals surface area contributed by atoms with E-state index in [1.807, 2.05) is 36.4 Å². The van der Waals surface area contributed by atoms with Gasteiger partial charge in [0.25, 0.3) is 0 Å². The lowest BCUT2D eigenvalue weighted by Gasteiger charge is -2.13. The highest BCUT2D eigenvalue weighted by Crippen LogP contribution is 2.20. The largest absolute Gasteiger partial charge is 0.397 e. The molecular weight excluding hydrogens is 226 g/mol. The Hall–Kier alpha value is -2.20. The number of rotatable bonds is 4. The van der Waals surface area contributed by atoms with E-state index < -0.39 is 6.10 Å². The Morgan fingerprint density at radius 1 is 1.00 bits per heavy atom. The molecule has 18 heavy (non-hydrogen) atoms. The first-order chi connectivity index (χ1) is 8.66. The highest BCUT2D eigenvalue weighted by atomic mass is 16.3. The van der Waals surface area contributed by atoms with Crippen LogP contribution in [0.15, 0.2) is 48.5 Å². The smallest absolute Gasteiger partial charge is 0.0962 e. The summed E-state index contributed by atoms with van der Waals surface area (Å²) >= 11 is 0. The third-order valence-electron chi connectivity index (χ3n) is 2.77. The van der Waals surface area contributed by atoms with Gasteiger partial charge in [0, 0.05) is 12.2 Å². The molecule has 4 nitrogen and oxygen atoms in total. The van der Waals surface area contributed by atoms with Gasteiger partial charge < -0.3 is 21.9 Å². The average Bonchev–Trinajstić information content (AvgIpc) is 2.41. The molecule has 0 aliphatic rings. The van der Waals surface area contributed by atoms with Gasteiger partial charge in [0.1, 0.15) is 0 Å². The van der Waals surface area contributed by atoms with E-state index in [1.54, 1.807) is 12.1 Å². The lowest BCUT2D eigenvalue weighted by Crippen LogP contribution is -2.12. The molecule has 0 aliphatic heterocycles. The zero-order valence-corrected chi connectivity index (χ0v) is 10.0. The van der Waals surface area contributed by atoms with Crippen molar-refractivity contribution in [2.45, 2.75) is 6.10 Å².